The first-order valence-corrected chi connectivity index (χ1v) is 6.35. The summed E-state index contributed by atoms with van der Waals surface area (Å²) in [7, 11) is 0. The van der Waals surface area contributed by atoms with Crippen LogP contribution >= 0.6 is 0 Å². The van der Waals surface area contributed by atoms with Crippen LogP contribution in [-0.4, -0.2) is 17.8 Å². The Kier molecular flexibility index (Phi) is 6.02. The van der Waals surface area contributed by atoms with Crippen LogP contribution in [0, 0.1) is 0 Å². The van der Waals surface area contributed by atoms with Gasteiger partial charge in [-0.2, -0.15) is 4.99 Å². The molecule has 0 radical (unpaired) electrons. The molecule has 0 saturated heterocycles. The van der Waals surface area contributed by atoms with Crippen LogP contribution in [0.5, 0.6) is 0 Å². The Morgan fingerprint density at radius 3 is 2.40 bits per heavy atom. The van der Waals surface area contributed by atoms with Gasteiger partial charge in [0.1, 0.15) is 0 Å². The third-order valence-electron chi connectivity index (χ3n) is 2.40. The zero-order valence-electron chi connectivity index (χ0n) is 11.5. The quantitative estimate of drug-likeness (QED) is 0.472. The summed E-state index contributed by atoms with van der Waals surface area (Å²) in [5.74, 6) is -0.168. The zero-order chi connectivity index (χ0) is 15.0. The number of aliphatic imine (C=N–C) groups is 2. The molecule has 0 bridgehead atoms. The van der Waals surface area contributed by atoms with E-state index >= 15 is 0 Å². The van der Waals surface area contributed by atoms with Gasteiger partial charge in [-0.25, -0.2) is 4.99 Å². The van der Waals surface area contributed by atoms with E-state index in [9.17, 15) is 4.79 Å². The van der Waals surface area contributed by atoms with E-state index in [-0.39, 0.29) is 17.8 Å². The van der Waals surface area contributed by atoms with E-state index < -0.39 is 0 Å². The van der Waals surface area contributed by atoms with E-state index in [1.165, 1.54) is 0 Å². The first kappa shape index (κ1) is 15.5. The predicted molar refractivity (Wildman–Crippen MR) is 81.7 cm³/mol. The van der Waals surface area contributed by atoms with Crippen LogP contribution in [0.4, 0.5) is 11.4 Å². The zero-order valence-corrected chi connectivity index (χ0v) is 11.5. The van der Waals surface area contributed by atoms with Gasteiger partial charge in [0.15, 0.2) is 5.96 Å². The SMILES string of the molecule is CCCCC(=O)Nc1ccc(N=C(N)N=C(N)N)cc1. The maximum Gasteiger partial charge on any atom is 0.224 e. The van der Waals surface area contributed by atoms with Crippen molar-refractivity contribution in [1.82, 2.24) is 0 Å². The summed E-state index contributed by atoms with van der Waals surface area (Å²) >= 11 is 0. The van der Waals surface area contributed by atoms with Gasteiger partial charge in [-0.15, -0.1) is 0 Å². The lowest BCUT2D eigenvalue weighted by atomic mass is 10.2. The van der Waals surface area contributed by atoms with Gasteiger partial charge in [0, 0.05) is 12.1 Å². The maximum absolute atomic E-state index is 11.6. The summed E-state index contributed by atoms with van der Waals surface area (Å²) in [5, 5.41) is 2.80. The van der Waals surface area contributed by atoms with Crippen molar-refractivity contribution in [2.75, 3.05) is 5.32 Å². The number of unbranched alkanes of at least 4 members (excludes halogenated alkanes) is 1. The molecule has 7 heteroatoms. The van der Waals surface area contributed by atoms with Gasteiger partial charge in [0.25, 0.3) is 0 Å². The van der Waals surface area contributed by atoms with E-state index in [1.807, 2.05) is 6.92 Å². The molecular weight excluding hydrogens is 256 g/mol. The van der Waals surface area contributed by atoms with Gasteiger partial charge in [0.05, 0.1) is 5.69 Å². The molecule has 0 heterocycles. The van der Waals surface area contributed by atoms with Crippen molar-refractivity contribution in [3.63, 3.8) is 0 Å². The van der Waals surface area contributed by atoms with Crippen LogP contribution in [-0.2, 0) is 4.79 Å². The third kappa shape index (κ3) is 5.85. The van der Waals surface area contributed by atoms with Crippen molar-refractivity contribution in [2.24, 2.45) is 27.2 Å². The van der Waals surface area contributed by atoms with Crippen molar-refractivity contribution in [2.45, 2.75) is 26.2 Å². The molecule has 1 amide bonds. The van der Waals surface area contributed by atoms with Gasteiger partial charge in [-0.1, -0.05) is 13.3 Å². The van der Waals surface area contributed by atoms with Crippen LogP contribution < -0.4 is 22.5 Å². The van der Waals surface area contributed by atoms with E-state index in [2.05, 4.69) is 15.3 Å². The summed E-state index contributed by atoms with van der Waals surface area (Å²) in [6.45, 7) is 2.04. The highest BCUT2D eigenvalue weighted by Crippen LogP contribution is 2.16. The Hall–Kier alpha value is -2.57. The number of hydrogen-bond acceptors (Lipinski definition) is 2. The number of hydrogen-bond donors (Lipinski definition) is 4. The monoisotopic (exact) mass is 276 g/mol. The Balaban J connectivity index is 2.65. The highest BCUT2D eigenvalue weighted by molar-refractivity contribution is 5.94. The average Bonchev–Trinajstić information content (AvgIpc) is 2.37. The number of amides is 1. The third-order valence-corrected chi connectivity index (χ3v) is 2.40. The number of nitrogens with two attached hydrogens (primary N) is 3. The summed E-state index contributed by atoms with van der Waals surface area (Å²) in [6.07, 6.45) is 2.39. The fourth-order valence-corrected chi connectivity index (χ4v) is 1.47. The molecule has 1 aromatic rings. The van der Waals surface area contributed by atoms with Gasteiger partial charge < -0.3 is 22.5 Å². The smallest absolute Gasteiger partial charge is 0.224 e. The van der Waals surface area contributed by atoms with Gasteiger partial charge in [-0.3, -0.25) is 4.79 Å². The number of carbonyl (C=O) groups is 1. The fourth-order valence-electron chi connectivity index (χ4n) is 1.47. The molecule has 0 fully saturated rings. The van der Waals surface area contributed by atoms with Crippen LogP contribution in [0.2, 0.25) is 0 Å². The molecule has 1 aromatic carbocycles. The van der Waals surface area contributed by atoms with E-state index in [4.69, 9.17) is 17.2 Å². The van der Waals surface area contributed by atoms with Crippen LogP contribution in [0.15, 0.2) is 34.3 Å². The molecule has 0 aromatic heterocycles. The first-order chi connectivity index (χ1) is 9.51. The number of benzene rings is 1. The largest absolute Gasteiger partial charge is 0.370 e. The van der Waals surface area contributed by atoms with E-state index in [1.54, 1.807) is 24.3 Å². The minimum Gasteiger partial charge on any atom is -0.370 e. The van der Waals surface area contributed by atoms with Crippen molar-refractivity contribution < 1.29 is 4.79 Å². The molecule has 0 aliphatic rings. The van der Waals surface area contributed by atoms with Gasteiger partial charge >= 0.3 is 0 Å². The van der Waals surface area contributed by atoms with Crippen molar-refractivity contribution >= 4 is 29.2 Å². The Labute approximate surface area is 118 Å². The number of guanidine groups is 2. The number of nitrogens with one attached hydrogen (secondary N) is 1. The molecule has 0 aliphatic heterocycles. The highest BCUT2D eigenvalue weighted by atomic mass is 16.1. The minimum atomic E-state index is -0.147. The molecule has 7 nitrogen and oxygen atoms in total. The maximum atomic E-state index is 11.6. The summed E-state index contributed by atoms with van der Waals surface area (Å²) in [4.78, 5) is 19.2. The van der Waals surface area contributed by atoms with Crippen LogP contribution in [0.25, 0.3) is 0 Å². The minimum absolute atomic E-state index is 0.00289. The molecule has 20 heavy (non-hydrogen) atoms. The standard InChI is InChI=1S/C13H20N6O/c1-2-3-4-11(20)17-9-5-7-10(8-6-9)18-13(16)19-12(14)15/h5-8H,2-4H2,1H3,(H,17,20)(H6,14,15,16,18,19). The van der Waals surface area contributed by atoms with E-state index in [0.29, 0.717) is 17.8 Å². The molecule has 0 atom stereocenters. The Bertz CT molecular complexity index is 502. The highest BCUT2D eigenvalue weighted by Gasteiger charge is 2.01. The number of rotatable bonds is 5. The lowest BCUT2D eigenvalue weighted by Gasteiger charge is -2.04. The number of anilines is 1. The normalized spacial score (nSPS) is 10.9. The second-order valence-corrected chi connectivity index (χ2v) is 4.21. The van der Waals surface area contributed by atoms with Gasteiger partial charge in [0.2, 0.25) is 11.9 Å². The Morgan fingerprint density at radius 1 is 1.20 bits per heavy atom. The molecule has 0 spiro atoms. The second-order valence-electron chi connectivity index (χ2n) is 4.21. The van der Waals surface area contributed by atoms with Crippen molar-refractivity contribution in [1.29, 1.82) is 0 Å². The molecular formula is C13H20N6O. The summed E-state index contributed by atoms with van der Waals surface area (Å²) in [6, 6.07) is 6.91. The predicted octanol–water partition coefficient (Wildman–Crippen LogP) is 1.03. The fraction of sp³-hybridized carbons (Fsp3) is 0.308. The summed E-state index contributed by atoms with van der Waals surface area (Å²) in [5.41, 5.74) is 17.2. The Morgan fingerprint density at radius 2 is 1.85 bits per heavy atom. The van der Waals surface area contributed by atoms with Crippen LogP contribution in [0.3, 0.4) is 0 Å². The molecule has 108 valence electrons. The van der Waals surface area contributed by atoms with Gasteiger partial charge in [-0.05, 0) is 30.7 Å². The second kappa shape index (κ2) is 7.78. The number of nitrogens with zero attached hydrogens (tertiary/aromatic N) is 2. The summed E-state index contributed by atoms with van der Waals surface area (Å²) < 4.78 is 0. The molecule has 7 N–H and O–H groups in total. The van der Waals surface area contributed by atoms with Crippen LogP contribution in [0.1, 0.15) is 26.2 Å². The molecule has 1 rings (SSSR count). The molecule has 0 unspecified atom stereocenters. The van der Waals surface area contributed by atoms with Crippen molar-refractivity contribution in [3.05, 3.63) is 24.3 Å². The molecule has 0 saturated carbocycles. The average molecular weight is 276 g/mol. The molecule has 0 aliphatic carbocycles. The lowest BCUT2D eigenvalue weighted by Crippen LogP contribution is -2.26. The van der Waals surface area contributed by atoms with E-state index in [0.717, 1.165) is 12.8 Å². The number of carbonyl (C=O) groups excluding carboxylic acids is 1. The topological polar surface area (TPSA) is 132 Å². The lowest BCUT2D eigenvalue weighted by molar-refractivity contribution is -0.116. The first-order valence-electron chi connectivity index (χ1n) is 6.35. The van der Waals surface area contributed by atoms with Crippen molar-refractivity contribution in [3.8, 4) is 0 Å².